The van der Waals surface area contributed by atoms with Gasteiger partial charge < -0.3 is 33.7 Å². The molecule has 0 amide bonds. The van der Waals surface area contributed by atoms with Gasteiger partial charge in [0.15, 0.2) is 5.78 Å². The first-order valence-electron chi connectivity index (χ1n) is 14.5. The number of hydrogen-bond donors (Lipinski definition) is 1. The van der Waals surface area contributed by atoms with E-state index in [4.69, 9.17) is 23.7 Å². The first kappa shape index (κ1) is 27.0. The Morgan fingerprint density at radius 2 is 1.82 bits per heavy atom. The number of hydrogen-bond acceptors (Lipinski definition) is 9. The second kappa shape index (κ2) is 9.06. The second-order valence-corrected chi connectivity index (χ2v) is 13.3. The summed E-state index contributed by atoms with van der Waals surface area (Å²) >= 11 is 0. The molecule has 9 heteroatoms. The van der Waals surface area contributed by atoms with E-state index in [2.05, 4.69) is 11.9 Å². The number of likely N-dealkylation sites (tertiary alicyclic amines) is 1. The number of nitrogens with zero attached hydrogens (tertiary/aromatic N) is 1. The van der Waals surface area contributed by atoms with E-state index in [1.54, 1.807) is 45.6 Å². The van der Waals surface area contributed by atoms with Crippen LogP contribution in [0.2, 0.25) is 0 Å². The van der Waals surface area contributed by atoms with Gasteiger partial charge in [0.1, 0.15) is 17.8 Å². The van der Waals surface area contributed by atoms with Crippen LogP contribution in [0.3, 0.4) is 0 Å². The van der Waals surface area contributed by atoms with Gasteiger partial charge in [-0.1, -0.05) is 18.2 Å². The lowest BCUT2D eigenvalue weighted by molar-refractivity contribution is -0.247. The van der Waals surface area contributed by atoms with Crippen molar-refractivity contribution in [3.8, 4) is 0 Å². The monoisotopic (exact) mass is 555 g/mol. The molecule has 7 bridgehead atoms. The van der Waals surface area contributed by atoms with Crippen LogP contribution in [0.4, 0.5) is 0 Å². The third-order valence-electron chi connectivity index (χ3n) is 12.1. The van der Waals surface area contributed by atoms with E-state index in [9.17, 15) is 14.7 Å². The van der Waals surface area contributed by atoms with Gasteiger partial charge in [-0.15, -0.1) is 0 Å². The molecule has 13 atom stereocenters. The molecule has 1 heterocycles. The van der Waals surface area contributed by atoms with Gasteiger partial charge in [-0.25, -0.2) is 4.79 Å². The maximum absolute atomic E-state index is 14.4. The van der Waals surface area contributed by atoms with E-state index < -0.39 is 35.1 Å². The van der Waals surface area contributed by atoms with Crippen molar-refractivity contribution in [2.24, 2.45) is 40.4 Å². The molecule has 1 saturated heterocycles. The number of aliphatic hydroxyl groups is 1. The van der Waals surface area contributed by atoms with Crippen LogP contribution in [-0.4, -0.2) is 106 Å². The highest BCUT2D eigenvalue weighted by Gasteiger charge is 2.86. The summed E-state index contributed by atoms with van der Waals surface area (Å²) in [4.78, 5) is 30.3. The van der Waals surface area contributed by atoms with Crippen molar-refractivity contribution in [2.45, 2.75) is 55.3 Å². The molecule has 5 saturated carbocycles. The van der Waals surface area contributed by atoms with Crippen LogP contribution in [0.5, 0.6) is 0 Å². The lowest BCUT2D eigenvalue weighted by Crippen LogP contribution is -2.74. The van der Waals surface area contributed by atoms with E-state index in [1.165, 1.54) is 7.11 Å². The van der Waals surface area contributed by atoms with Crippen LogP contribution < -0.4 is 0 Å². The number of rotatable bonds is 7. The lowest BCUT2D eigenvalue weighted by atomic mass is 9.44. The fourth-order valence-electron chi connectivity index (χ4n) is 11.6. The highest BCUT2D eigenvalue weighted by molar-refractivity contribution is 5.92. The lowest BCUT2D eigenvalue weighted by Gasteiger charge is -2.67. The quantitative estimate of drug-likeness (QED) is 0.505. The topological polar surface area (TPSA) is 104 Å². The summed E-state index contributed by atoms with van der Waals surface area (Å²) in [6, 6.07) is 8.86. The van der Waals surface area contributed by atoms with E-state index in [1.807, 2.05) is 6.07 Å². The zero-order valence-corrected chi connectivity index (χ0v) is 23.9. The Morgan fingerprint density at radius 3 is 2.48 bits per heavy atom. The summed E-state index contributed by atoms with van der Waals surface area (Å²) in [6.45, 7) is 1.44. The molecule has 40 heavy (non-hydrogen) atoms. The normalized spacial score (nSPS) is 50.2. The number of ketones is 1. The molecule has 9 nitrogen and oxygen atoms in total. The third kappa shape index (κ3) is 2.99. The molecule has 1 N–H and O–H groups in total. The van der Waals surface area contributed by atoms with Gasteiger partial charge in [-0.2, -0.15) is 0 Å². The number of carbonyl (C=O) groups is 2. The number of benzene rings is 1. The number of methoxy groups -OCH3 is 4. The molecule has 1 aromatic carbocycles. The Hall–Kier alpha value is -1.88. The summed E-state index contributed by atoms with van der Waals surface area (Å²) in [5, 5.41) is 12.4. The molecule has 0 aromatic heterocycles. The molecule has 6 aliphatic rings. The summed E-state index contributed by atoms with van der Waals surface area (Å²) in [6.07, 6.45) is -0.146. The van der Waals surface area contributed by atoms with Crippen molar-refractivity contribution in [3.63, 3.8) is 0 Å². The maximum Gasteiger partial charge on any atom is 0.338 e. The number of carbonyl (C=O) groups excluding carboxylic acids is 2. The summed E-state index contributed by atoms with van der Waals surface area (Å²) in [7, 11) is 8.93. The predicted molar refractivity (Wildman–Crippen MR) is 142 cm³/mol. The Morgan fingerprint density at radius 1 is 1.07 bits per heavy atom. The van der Waals surface area contributed by atoms with Gasteiger partial charge in [0.25, 0.3) is 0 Å². The van der Waals surface area contributed by atoms with Crippen molar-refractivity contribution in [1.29, 1.82) is 0 Å². The van der Waals surface area contributed by atoms with Gasteiger partial charge in [0.05, 0.1) is 24.4 Å². The molecule has 6 fully saturated rings. The fraction of sp³-hybridized carbons (Fsp3) is 0.742. The predicted octanol–water partition coefficient (Wildman–Crippen LogP) is 1.81. The molecule has 1 aromatic rings. The zero-order valence-electron chi connectivity index (χ0n) is 23.9. The van der Waals surface area contributed by atoms with Gasteiger partial charge in [0.2, 0.25) is 0 Å². The van der Waals surface area contributed by atoms with Crippen molar-refractivity contribution in [3.05, 3.63) is 35.9 Å². The minimum absolute atomic E-state index is 0.0244. The third-order valence-corrected chi connectivity index (χ3v) is 12.1. The average molecular weight is 556 g/mol. The summed E-state index contributed by atoms with van der Waals surface area (Å²) in [5.41, 5.74) is -1.80. The number of Topliss-reactive ketones (excluding diaryl/α,β-unsaturated/α-hetero) is 1. The Bertz CT molecular complexity index is 1200. The summed E-state index contributed by atoms with van der Waals surface area (Å²) in [5.74, 6) is -1.64. The molecular weight excluding hydrogens is 514 g/mol. The average Bonchev–Trinajstić information content (AvgIpc) is 3.30. The number of fused-ring (bicyclic) bond motifs is 2. The Balaban J connectivity index is 1.43. The van der Waals surface area contributed by atoms with Crippen LogP contribution in [0.1, 0.15) is 29.6 Å². The minimum atomic E-state index is -1.63. The van der Waals surface area contributed by atoms with Crippen LogP contribution >= 0.6 is 0 Å². The SMILES string of the molecule is COC[C@@]12CC[C@H](OC)C34C(C([C@H]5C(=O)[C@@H](OC)[C@]6(O)C[C@H]3[C@@H]5[C@H]6OC(=O)c3ccccc3)[C@H](OC)[C@@H]41)N(C)C2. The summed E-state index contributed by atoms with van der Waals surface area (Å²) < 4.78 is 30.8. The van der Waals surface area contributed by atoms with Gasteiger partial charge in [-0.3, -0.25) is 4.79 Å². The van der Waals surface area contributed by atoms with Crippen LogP contribution in [0, 0.1) is 40.4 Å². The van der Waals surface area contributed by atoms with Crippen molar-refractivity contribution in [1.82, 2.24) is 4.90 Å². The molecular formula is C31H41NO8. The largest absolute Gasteiger partial charge is 0.455 e. The Labute approximate surface area is 235 Å². The van der Waals surface area contributed by atoms with Crippen LogP contribution in [0.15, 0.2) is 30.3 Å². The van der Waals surface area contributed by atoms with Gasteiger partial charge >= 0.3 is 5.97 Å². The van der Waals surface area contributed by atoms with Crippen molar-refractivity contribution < 1.29 is 38.4 Å². The Kier molecular flexibility index (Phi) is 6.11. The minimum Gasteiger partial charge on any atom is -0.455 e. The molecule has 5 aliphatic carbocycles. The molecule has 0 radical (unpaired) electrons. The van der Waals surface area contributed by atoms with Gasteiger partial charge in [0, 0.05) is 75.5 Å². The number of piperidine rings is 1. The standard InChI is InChI=1S/C31H41NO8/c1-32-14-29(15-36-2)12-11-18(37-3)31-17-13-30(35)26(40-28(34)16-9-7-6-8-10-16)19(17)20(22(33)27(30)39-5)21(25(31)32)23(38-4)24(29)31/h6-10,17-21,23-27,35H,11-15H2,1-5H3/t17-,18-,19-,20-,21?,23-,24+,25?,26+,27+,29-,30-,31?/m0/s1. The first-order chi connectivity index (χ1) is 19.2. The number of ether oxygens (including phenoxy) is 5. The molecule has 1 aliphatic heterocycles. The number of esters is 1. The van der Waals surface area contributed by atoms with E-state index in [0.717, 1.165) is 19.4 Å². The highest BCUT2D eigenvalue weighted by atomic mass is 16.6. The van der Waals surface area contributed by atoms with Crippen molar-refractivity contribution in [2.75, 3.05) is 48.6 Å². The molecule has 7 rings (SSSR count). The van der Waals surface area contributed by atoms with E-state index in [0.29, 0.717) is 18.6 Å². The molecule has 3 unspecified atom stereocenters. The van der Waals surface area contributed by atoms with Crippen LogP contribution in [0.25, 0.3) is 0 Å². The van der Waals surface area contributed by atoms with Gasteiger partial charge in [-0.05, 0) is 44.4 Å². The fourth-order valence-corrected chi connectivity index (χ4v) is 11.6. The second-order valence-electron chi connectivity index (χ2n) is 13.3. The molecule has 218 valence electrons. The van der Waals surface area contributed by atoms with Crippen molar-refractivity contribution >= 4 is 11.8 Å². The highest BCUT2D eigenvalue weighted by Crippen LogP contribution is 2.78. The van der Waals surface area contributed by atoms with Crippen LogP contribution in [-0.2, 0) is 28.5 Å². The maximum atomic E-state index is 14.4. The zero-order chi connectivity index (χ0) is 28.2. The van der Waals surface area contributed by atoms with E-state index >= 15 is 0 Å². The molecule has 1 spiro atoms. The first-order valence-corrected chi connectivity index (χ1v) is 14.5. The smallest absolute Gasteiger partial charge is 0.338 e. The van der Waals surface area contributed by atoms with E-state index in [-0.39, 0.29) is 53.1 Å².